The average Bonchev–Trinajstić information content (AvgIpc) is 3.23. The molecule has 2 heterocycles. The van der Waals surface area contributed by atoms with E-state index in [2.05, 4.69) is 42.4 Å². The number of rotatable bonds is 8. The van der Waals surface area contributed by atoms with Crippen molar-refractivity contribution in [2.75, 3.05) is 45.9 Å². The van der Waals surface area contributed by atoms with Gasteiger partial charge in [-0.05, 0) is 57.6 Å². The Morgan fingerprint density at radius 2 is 2.07 bits per heavy atom. The van der Waals surface area contributed by atoms with Crippen molar-refractivity contribution in [3.63, 3.8) is 0 Å². The van der Waals surface area contributed by atoms with Crippen LogP contribution in [0.15, 0.2) is 29.3 Å². The van der Waals surface area contributed by atoms with Crippen molar-refractivity contribution in [3.05, 3.63) is 29.8 Å². The maximum Gasteiger partial charge on any atom is 0.191 e. The number of likely N-dealkylation sites (tertiary alicyclic amines) is 1. The number of guanidine groups is 1. The van der Waals surface area contributed by atoms with E-state index < -0.39 is 0 Å². The molecule has 0 radical (unpaired) electrons. The summed E-state index contributed by atoms with van der Waals surface area (Å²) in [5, 5.41) is 7.02. The maximum atomic E-state index is 6.06. The fourth-order valence-electron chi connectivity index (χ4n) is 4.03. The van der Waals surface area contributed by atoms with Gasteiger partial charge < -0.3 is 25.0 Å². The molecule has 29 heavy (non-hydrogen) atoms. The molecule has 1 aromatic carbocycles. The summed E-state index contributed by atoms with van der Waals surface area (Å²) in [6.07, 6.45) is 3.57. The lowest BCUT2D eigenvalue weighted by atomic mass is 10.0. The van der Waals surface area contributed by atoms with Crippen LogP contribution in [0.1, 0.15) is 38.7 Å². The molecular formula is C23H38N4O2. The second-order valence-electron chi connectivity index (χ2n) is 8.36. The number of piperidine rings is 1. The number of nitrogens with zero attached hydrogens (tertiary/aromatic N) is 2. The van der Waals surface area contributed by atoms with Crippen LogP contribution in [0.25, 0.3) is 0 Å². The fourth-order valence-corrected chi connectivity index (χ4v) is 4.03. The molecule has 0 spiro atoms. The van der Waals surface area contributed by atoms with Gasteiger partial charge in [-0.1, -0.05) is 18.2 Å². The Morgan fingerprint density at radius 3 is 2.76 bits per heavy atom. The highest BCUT2D eigenvalue weighted by Crippen LogP contribution is 2.19. The second-order valence-corrected chi connectivity index (χ2v) is 8.36. The summed E-state index contributed by atoms with van der Waals surface area (Å²) in [5.41, 5.74) is 1.16. The highest BCUT2D eigenvalue weighted by atomic mass is 16.5. The van der Waals surface area contributed by atoms with E-state index in [0.717, 1.165) is 68.9 Å². The Morgan fingerprint density at radius 1 is 1.28 bits per heavy atom. The van der Waals surface area contributed by atoms with Crippen LogP contribution in [0.2, 0.25) is 0 Å². The maximum absolute atomic E-state index is 6.06. The van der Waals surface area contributed by atoms with E-state index in [1.165, 1.54) is 13.0 Å². The van der Waals surface area contributed by atoms with Crippen molar-refractivity contribution >= 4 is 5.96 Å². The molecule has 2 aliphatic heterocycles. The van der Waals surface area contributed by atoms with E-state index in [4.69, 9.17) is 14.5 Å². The van der Waals surface area contributed by atoms with Crippen LogP contribution in [-0.4, -0.2) is 68.9 Å². The Labute approximate surface area is 176 Å². The van der Waals surface area contributed by atoms with Gasteiger partial charge in [0, 0.05) is 38.8 Å². The van der Waals surface area contributed by atoms with Crippen molar-refractivity contribution in [1.29, 1.82) is 0 Å². The molecule has 2 unspecified atom stereocenters. The van der Waals surface area contributed by atoms with Gasteiger partial charge in [0.25, 0.3) is 0 Å². The summed E-state index contributed by atoms with van der Waals surface area (Å²) in [6, 6.07) is 8.62. The van der Waals surface area contributed by atoms with Crippen molar-refractivity contribution < 1.29 is 9.47 Å². The Balaban J connectivity index is 1.43. The molecule has 2 N–H and O–H groups in total. The number of ether oxygens (including phenoxy) is 2. The summed E-state index contributed by atoms with van der Waals surface area (Å²) in [7, 11) is 0. The molecule has 162 valence electrons. The number of benzene rings is 1. The van der Waals surface area contributed by atoms with Crippen LogP contribution in [-0.2, 0) is 4.74 Å². The predicted molar refractivity (Wildman–Crippen MR) is 119 cm³/mol. The highest BCUT2D eigenvalue weighted by molar-refractivity contribution is 5.80. The molecule has 2 fully saturated rings. The Hall–Kier alpha value is -1.79. The van der Waals surface area contributed by atoms with Gasteiger partial charge in [0.1, 0.15) is 11.9 Å². The van der Waals surface area contributed by atoms with E-state index >= 15 is 0 Å². The summed E-state index contributed by atoms with van der Waals surface area (Å²) in [6.45, 7) is 13.1. The van der Waals surface area contributed by atoms with E-state index in [9.17, 15) is 0 Å². The zero-order valence-corrected chi connectivity index (χ0v) is 18.3. The third kappa shape index (κ3) is 7.19. The zero-order chi connectivity index (χ0) is 20.5. The van der Waals surface area contributed by atoms with Crippen LogP contribution in [0, 0.1) is 12.8 Å². The van der Waals surface area contributed by atoms with Crippen molar-refractivity contribution in [3.8, 4) is 5.75 Å². The lowest BCUT2D eigenvalue weighted by Gasteiger charge is -2.34. The third-order valence-electron chi connectivity index (χ3n) is 5.74. The normalized spacial score (nSPS) is 22.4. The van der Waals surface area contributed by atoms with E-state index in [0.29, 0.717) is 12.6 Å². The summed E-state index contributed by atoms with van der Waals surface area (Å²) >= 11 is 0. The number of para-hydroxylation sites is 1. The van der Waals surface area contributed by atoms with Gasteiger partial charge >= 0.3 is 0 Å². The Bertz CT molecular complexity index is 638. The molecule has 0 bridgehead atoms. The number of aryl methyl sites for hydroxylation is 1. The first-order valence-electron chi connectivity index (χ1n) is 11.2. The van der Waals surface area contributed by atoms with Gasteiger partial charge in [-0.15, -0.1) is 0 Å². The largest absolute Gasteiger partial charge is 0.489 e. The molecule has 0 amide bonds. The first kappa shape index (κ1) is 21.9. The minimum Gasteiger partial charge on any atom is -0.489 e. The number of hydrogen-bond acceptors (Lipinski definition) is 4. The lowest BCUT2D eigenvalue weighted by Crippen LogP contribution is -2.49. The van der Waals surface area contributed by atoms with Crippen molar-refractivity contribution in [2.24, 2.45) is 10.9 Å². The van der Waals surface area contributed by atoms with Crippen LogP contribution in [0.4, 0.5) is 0 Å². The van der Waals surface area contributed by atoms with Gasteiger partial charge in [0.15, 0.2) is 5.96 Å². The molecular weight excluding hydrogens is 364 g/mol. The van der Waals surface area contributed by atoms with Gasteiger partial charge in [-0.25, -0.2) is 4.99 Å². The standard InChI is InChI=1S/C23H38N4O2/c1-4-24-23(25-15-19(3)29-22-8-6-5-7-18(22)2)26-21-9-12-27(13-10-21)16-20-11-14-28-17-20/h5-8,19-21H,4,9-17H2,1-3H3,(H2,24,25,26). The van der Waals surface area contributed by atoms with Gasteiger partial charge in [0.2, 0.25) is 0 Å². The van der Waals surface area contributed by atoms with Gasteiger partial charge in [-0.2, -0.15) is 0 Å². The number of hydrogen-bond donors (Lipinski definition) is 2. The molecule has 6 nitrogen and oxygen atoms in total. The van der Waals surface area contributed by atoms with Crippen molar-refractivity contribution in [2.45, 2.75) is 52.2 Å². The van der Waals surface area contributed by atoms with Crippen LogP contribution in [0.5, 0.6) is 5.75 Å². The lowest BCUT2D eigenvalue weighted by molar-refractivity contribution is 0.150. The van der Waals surface area contributed by atoms with Crippen LogP contribution < -0.4 is 15.4 Å². The summed E-state index contributed by atoms with van der Waals surface area (Å²) in [5.74, 6) is 2.57. The smallest absolute Gasteiger partial charge is 0.191 e. The van der Waals surface area contributed by atoms with Gasteiger partial charge in [0.05, 0.1) is 13.2 Å². The SMILES string of the molecule is CCNC(=NCC(C)Oc1ccccc1C)NC1CCN(CC2CCOC2)CC1. The molecule has 1 aromatic rings. The summed E-state index contributed by atoms with van der Waals surface area (Å²) < 4.78 is 11.6. The van der Waals surface area contributed by atoms with Crippen LogP contribution in [0.3, 0.4) is 0 Å². The first-order chi connectivity index (χ1) is 14.1. The molecule has 0 saturated carbocycles. The topological polar surface area (TPSA) is 58.1 Å². The minimum atomic E-state index is 0.0297. The predicted octanol–water partition coefficient (Wildman–Crippen LogP) is 2.82. The molecule has 6 heteroatoms. The minimum absolute atomic E-state index is 0.0297. The zero-order valence-electron chi connectivity index (χ0n) is 18.3. The molecule has 0 aliphatic carbocycles. The molecule has 2 atom stereocenters. The van der Waals surface area contributed by atoms with E-state index in [1.54, 1.807) is 0 Å². The highest BCUT2D eigenvalue weighted by Gasteiger charge is 2.24. The third-order valence-corrected chi connectivity index (χ3v) is 5.74. The number of aliphatic imine (C=N–C) groups is 1. The second kappa shape index (κ2) is 11.4. The summed E-state index contributed by atoms with van der Waals surface area (Å²) in [4.78, 5) is 7.37. The van der Waals surface area contributed by atoms with Crippen LogP contribution >= 0.6 is 0 Å². The fraction of sp³-hybridized carbons (Fsp3) is 0.696. The van der Waals surface area contributed by atoms with E-state index in [-0.39, 0.29) is 6.10 Å². The first-order valence-corrected chi connectivity index (χ1v) is 11.2. The molecule has 2 saturated heterocycles. The molecule has 2 aliphatic rings. The van der Waals surface area contributed by atoms with Crippen molar-refractivity contribution in [1.82, 2.24) is 15.5 Å². The van der Waals surface area contributed by atoms with E-state index in [1.807, 2.05) is 18.2 Å². The quantitative estimate of drug-likeness (QED) is 0.517. The molecule has 3 rings (SSSR count). The number of nitrogens with one attached hydrogen (secondary N) is 2. The Kier molecular flexibility index (Phi) is 8.62. The van der Waals surface area contributed by atoms with Gasteiger partial charge in [-0.3, -0.25) is 0 Å². The monoisotopic (exact) mass is 402 g/mol. The molecule has 0 aromatic heterocycles. The average molecular weight is 403 g/mol.